The zero-order valence-corrected chi connectivity index (χ0v) is 25.7. The van der Waals surface area contributed by atoms with E-state index in [2.05, 4.69) is 42.5 Å². The second kappa shape index (κ2) is 10.7. The molecular weight excluding hydrogens is 577 g/mol. The molecule has 0 radical (unpaired) electrons. The molecule has 0 N–H and O–H groups in total. The number of benzene rings is 10. The Morgan fingerprint density at radius 3 is 1.81 bits per heavy atom. The molecule has 0 bridgehead atoms. The highest BCUT2D eigenvalue weighted by Gasteiger charge is 2.21. The lowest BCUT2D eigenvalue weighted by atomic mass is 9.82. The van der Waals surface area contributed by atoms with Gasteiger partial charge >= 0.3 is 0 Å². The first kappa shape index (κ1) is 20.1. The smallest absolute Gasteiger partial charge is 0.0622 e. The molecule has 0 aromatic heterocycles. The van der Waals surface area contributed by atoms with Crippen LogP contribution in [0.5, 0.6) is 0 Å². The second-order valence-electron chi connectivity index (χ2n) is 12.1. The van der Waals surface area contributed by atoms with Gasteiger partial charge in [0.25, 0.3) is 0 Å². The maximum Gasteiger partial charge on any atom is 0.0636 e. The Labute approximate surface area is 290 Å². The summed E-state index contributed by atoms with van der Waals surface area (Å²) in [6.07, 6.45) is 0. The van der Waals surface area contributed by atoms with Gasteiger partial charge in [0.05, 0.1) is 11.0 Å². The van der Waals surface area contributed by atoms with Gasteiger partial charge in [-0.05, 0) is 104 Å². The minimum atomic E-state index is -0.481. The summed E-state index contributed by atoms with van der Waals surface area (Å²) in [6, 6.07) is 41.2. The standard InChI is InChI=1S/C48H30/c1-2-14-31(15-3-1)35-19-8-9-22-38(35)41-25-12-18-34-30-33-17-5-7-21-37(33)47(45(34)41)44-27-13-26-42-39-23-10-11-24-40(39)43-29-28-32-16-4-6-20-36(32)46(43)48(42)44/h1-30H/i5D,7D,12D,17D,18D,21D,25D,30D. The van der Waals surface area contributed by atoms with E-state index in [1.165, 1.54) is 0 Å². The fraction of sp³-hybridized carbons (Fsp3) is 0. The highest BCUT2D eigenvalue weighted by molar-refractivity contribution is 6.35. The minimum absolute atomic E-state index is 0.0293. The Kier molecular flexibility index (Phi) is 4.46. The molecule has 0 saturated carbocycles. The zero-order chi connectivity index (χ0) is 38.6. The van der Waals surface area contributed by atoms with Gasteiger partial charge in [0, 0.05) is 0 Å². The van der Waals surface area contributed by atoms with Gasteiger partial charge in [-0.1, -0.05) is 176 Å². The Bertz CT molecular complexity index is 3340. The van der Waals surface area contributed by atoms with Gasteiger partial charge in [-0.25, -0.2) is 0 Å². The molecule has 0 aliphatic rings. The van der Waals surface area contributed by atoms with Crippen molar-refractivity contribution in [3.8, 4) is 33.4 Å². The third-order valence-electron chi connectivity index (χ3n) is 9.61. The molecule has 0 atom stereocenters. The second-order valence-corrected chi connectivity index (χ2v) is 12.1. The summed E-state index contributed by atoms with van der Waals surface area (Å²) >= 11 is 0. The van der Waals surface area contributed by atoms with E-state index in [9.17, 15) is 6.85 Å². The van der Waals surface area contributed by atoms with Gasteiger partial charge in [-0.3, -0.25) is 0 Å². The van der Waals surface area contributed by atoms with Crippen LogP contribution in [-0.4, -0.2) is 0 Å². The first-order chi connectivity index (χ1) is 27.2. The van der Waals surface area contributed by atoms with E-state index in [1.54, 1.807) is 0 Å². The zero-order valence-electron chi connectivity index (χ0n) is 33.7. The minimum Gasteiger partial charge on any atom is -0.0622 e. The molecule has 0 nitrogen and oxygen atoms in total. The van der Waals surface area contributed by atoms with Crippen molar-refractivity contribution in [2.45, 2.75) is 0 Å². The van der Waals surface area contributed by atoms with Gasteiger partial charge in [-0.15, -0.1) is 0 Å². The van der Waals surface area contributed by atoms with Crippen molar-refractivity contribution in [1.29, 1.82) is 0 Å². The number of hydrogen-bond donors (Lipinski definition) is 0. The van der Waals surface area contributed by atoms with Crippen LogP contribution in [0.15, 0.2) is 182 Å². The van der Waals surface area contributed by atoms with Crippen LogP contribution in [0.3, 0.4) is 0 Å². The fourth-order valence-corrected chi connectivity index (χ4v) is 7.61. The summed E-state index contributed by atoms with van der Waals surface area (Å²) in [6.45, 7) is 0. The normalized spacial score (nSPS) is 14.1. The van der Waals surface area contributed by atoms with Crippen molar-refractivity contribution in [3.63, 3.8) is 0 Å². The van der Waals surface area contributed by atoms with Crippen molar-refractivity contribution in [2.75, 3.05) is 0 Å². The summed E-state index contributed by atoms with van der Waals surface area (Å²) < 4.78 is 74.2. The average molecular weight is 615 g/mol. The SMILES string of the molecule is [2H]c1c([2H])c([2H])c2c(-c3cccc4c5ccccc5c5ccc6ccccc6c5c34)c3c(-c4ccccc4-c4ccccc4)c([2H])c([2H])c([2H])c3c([2H])c2c1[2H]. The molecule has 0 heteroatoms. The van der Waals surface area contributed by atoms with Crippen LogP contribution >= 0.6 is 0 Å². The first-order valence-electron chi connectivity index (χ1n) is 20.0. The monoisotopic (exact) mass is 614 g/mol. The fourth-order valence-electron chi connectivity index (χ4n) is 7.61. The van der Waals surface area contributed by atoms with E-state index in [-0.39, 0.29) is 52.4 Å². The Hall–Kier alpha value is -6.24. The summed E-state index contributed by atoms with van der Waals surface area (Å²) in [4.78, 5) is 0. The third-order valence-corrected chi connectivity index (χ3v) is 9.61. The molecule has 10 aromatic rings. The van der Waals surface area contributed by atoms with Gasteiger partial charge in [0.2, 0.25) is 0 Å². The van der Waals surface area contributed by atoms with E-state index in [0.717, 1.165) is 54.2 Å². The Morgan fingerprint density at radius 1 is 0.312 bits per heavy atom. The molecule has 0 aliphatic heterocycles. The van der Waals surface area contributed by atoms with Crippen molar-refractivity contribution in [2.24, 2.45) is 0 Å². The lowest BCUT2D eigenvalue weighted by Crippen LogP contribution is -1.93. The maximum atomic E-state index is 9.68. The van der Waals surface area contributed by atoms with Crippen LogP contribution in [-0.2, 0) is 0 Å². The molecule has 0 saturated heterocycles. The highest BCUT2D eigenvalue weighted by Crippen LogP contribution is 2.48. The predicted octanol–water partition coefficient (Wildman–Crippen LogP) is 13.6. The lowest BCUT2D eigenvalue weighted by molar-refractivity contribution is 1.60. The van der Waals surface area contributed by atoms with E-state index in [0.29, 0.717) is 27.6 Å². The molecule has 10 aromatic carbocycles. The molecular formula is C48H30. The molecule has 0 heterocycles. The summed E-state index contributed by atoms with van der Waals surface area (Å²) in [5.41, 5.74) is 3.64. The topological polar surface area (TPSA) is 0 Å². The molecule has 222 valence electrons. The van der Waals surface area contributed by atoms with Crippen LogP contribution in [0.4, 0.5) is 0 Å². The summed E-state index contributed by atoms with van der Waals surface area (Å²) in [5, 5.41) is 8.35. The predicted molar refractivity (Wildman–Crippen MR) is 208 cm³/mol. The van der Waals surface area contributed by atoms with E-state index in [1.807, 2.05) is 91.0 Å². The maximum absolute atomic E-state index is 9.68. The number of rotatable bonds is 3. The van der Waals surface area contributed by atoms with Gasteiger partial charge in [0.15, 0.2) is 0 Å². The Morgan fingerprint density at radius 2 is 0.958 bits per heavy atom. The first-order valence-corrected chi connectivity index (χ1v) is 16.0. The van der Waals surface area contributed by atoms with E-state index < -0.39 is 12.1 Å². The summed E-state index contributed by atoms with van der Waals surface area (Å²) in [5.74, 6) is 0. The van der Waals surface area contributed by atoms with Crippen molar-refractivity contribution >= 4 is 64.6 Å². The molecule has 0 fully saturated rings. The van der Waals surface area contributed by atoms with Gasteiger partial charge < -0.3 is 0 Å². The number of fused-ring (bicyclic) bond motifs is 10. The molecule has 0 unspecified atom stereocenters. The van der Waals surface area contributed by atoms with Crippen LogP contribution in [0.25, 0.3) is 98.0 Å². The average Bonchev–Trinajstić information content (AvgIpc) is 3.24. The molecule has 0 aliphatic carbocycles. The number of hydrogen-bond acceptors (Lipinski definition) is 0. The summed E-state index contributed by atoms with van der Waals surface area (Å²) in [7, 11) is 0. The van der Waals surface area contributed by atoms with Crippen LogP contribution in [0.2, 0.25) is 0 Å². The van der Waals surface area contributed by atoms with Crippen molar-refractivity contribution in [3.05, 3.63) is 182 Å². The largest absolute Gasteiger partial charge is 0.0636 e. The van der Waals surface area contributed by atoms with Gasteiger partial charge in [0.1, 0.15) is 0 Å². The van der Waals surface area contributed by atoms with Crippen molar-refractivity contribution in [1.82, 2.24) is 0 Å². The third kappa shape index (κ3) is 3.96. The van der Waals surface area contributed by atoms with Gasteiger partial charge in [-0.2, -0.15) is 0 Å². The van der Waals surface area contributed by atoms with Crippen molar-refractivity contribution < 1.29 is 11.0 Å². The Balaban J connectivity index is 1.56. The molecule has 48 heavy (non-hydrogen) atoms. The highest BCUT2D eigenvalue weighted by atomic mass is 14.2. The van der Waals surface area contributed by atoms with Crippen LogP contribution < -0.4 is 0 Å². The quantitative estimate of drug-likeness (QED) is 0.137. The molecule has 0 spiro atoms. The van der Waals surface area contributed by atoms with E-state index in [4.69, 9.17) is 4.11 Å². The lowest BCUT2D eigenvalue weighted by Gasteiger charge is -2.21. The molecule has 10 rings (SSSR count). The van der Waals surface area contributed by atoms with E-state index >= 15 is 0 Å². The van der Waals surface area contributed by atoms with Crippen LogP contribution in [0, 0.1) is 0 Å². The van der Waals surface area contributed by atoms with Crippen LogP contribution in [0.1, 0.15) is 11.0 Å². The molecule has 0 amide bonds.